The summed E-state index contributed by atoms with van der Waals surface area (Å²) in [5.74, 6) is -0.529. The number of nitrogens with zero attached hydrogens (tertiary/aromatic N) is 2. The Bertz CT molecular complexity index is 793. The summed E-state index contributed by atoms with van der Waals surface area (Å²) in [6.07, 6.45) is 0. The van der Waals surface area contributed by atoms with Gasteiger partial charge in [-0.3, -0.25) is 9.63 Å². The second-order valence-corrected chi connectivity index (χ2v) is 5.97. The molecule has 122 valence electrons. The molecule has 1 fully saturated rings. The van der Waals surface area contributed by atoms with Crippen LogP contribution in [0.2, 0.25) is 0 Å². The van der Waals surface area contributed by atoms with Crippen LogP contribution >= 0.6 is 0 Å². The molecule has 2 aliphatic rings. The molecule has 2 aromatic carbocycles. The molecule has 1 unspecified atom stereocenters. The lowest BCUT2D eigenvalue weighted by molar-refractivity contribution is -0.141. The molecule has 0 saturated carbocycles. The normalized spacial score (nSPS) is 21.8. The van der Waals surface area contributed by atoms with Gasteiger partial charge in [0.25, 0.3) is 0 Å². The molecule has 2 aromatic rings. The number of fused-ring (bicyclic) bond motifs is 4. The first-order valence-electron chi connectivity index (χ1n) is 7.81. The summed E-state index contributed by atoms with van der Waals surface area (Å²) in [5, 5.41) is 1.37. The molecule has 2 N–H and O–H groups in total. The van der Waals surface area contributed by atoms with Gasteiger partial charge in [-0.15, -0.1) is 0 Å². The number of hydrogen-bond acceptors (Lipinski definition) is 3. The molecule has 0 aromatic heterocycles. The van der Waals surface area contributed by atoms with Crippen LogP contribution in [-0.2, 0) is 16.2 Å². The van der Waals surface area contributed by atoms with E-state index in [1.54, 1.807) is 0 Å². The van der Waals surface area contributed by atoms with Gasteiger partial charge in [0.05, 0.1) is 6.54 Å². The number of rotatable bonds is 4. The van der Waals surface area contributed by atoms with Crippen molar-refractivity contribution in [1.82, 2.24) is 9.96 Å². The summed E-state index contributed by atoms with van der Waals surface area (Å²) in [5.41, 5.74) is 8.21. The zero-order valence-corrected chi connectivity index (χ0v) is 13.0. The van der Waals surface area contributed by atoms with Crippen LogP contribution in [0.3, 0.4) is 0 Å². The van der Waals surface area contributed by atoms with Crippen LogP contribution in [0.25, 0.3) is 0 Å². The lowest BCUT2D eigenvalue weighted by Crippen LogP contribution is -2.41. The van der Waals surface area contributed by atoms with Crippen LogP contribution in [0.1, 0.15) is 28.8 Å². The van der Waals surface area contributed by atoms with E-state index < -0.39 is 11.9 Å². The van der Waals surface area contributed by atoms with Crippen LogP contribution < -0.4 is 5.73 Å². The number of urea groups is 1. The highest BCUT2D eigenvalue weighted by atomic mass is 16.7. The quantitative estimate of drug-likeness (QED) is 0.936. The molecule has 4 rings (SSSR count). The van der Waals surface area contributed by atoms with Crippen LogP contribution in [-0.4, -0.2) is 28.4 Å². The van der Waals surface area contributed by atoms with Gasteiger partial charge in [-0.2, -0.15) is 5.06 Å². The summed E-state index contributed by atoms with van der Waals surface area (Å²) in [7, 11) is 0. The Morgan fingerprint density at radius 3 is 2.46 bits per heavy atom. The minimum atomic E-state index is -0.740. The summed E-state index contributed by atoms with van der Waals surface area (Å²) < 4.78 is 0. The molecule has 2 aliphatic heterocycles. The Balaban J connectivity index is 1.65. The fourth-order valence-corrected chi connectivity index (χ4v) is 3.44. The van der Waals surface area contributed by atoms with Crippen molar-refractivity contribution in [3.8, 4) is 0 Å². The molecule has 0 spiro atoms. The Kier molecular flexibility index (Phi) is 3.46. The van der Waals surface area contributed by atoms with Gasteiger partial charge in [0, 0.05) is 0 Å². The fraction of sp³-hybridized carbons (Fsp3) is 0.222. The number of primary amides is 1. The van der Waals surface area contributed by atoms with Gasteiger partial charge in [0.2, 0.25) is 5.91 Å². The van der Waals surface area contributed by atoms with E-state index in [9.17, 15) is 9.59 Å². The van der Waals surface area contributed by atoms with E-state index in [0.717, 1.165) is 16.7 Å². The number of hydroxylamine groups is 2. The third kappa shape index (κ3) is 2.23. The van der Waals surface area contributed by atoms with Crippen molar-refractivity contribution in [3.63, 3.8) is 0 Å². The van der Waals surface area contributed by atoms with Gasteiger partial charge in [0.1, 0.15) is 18.7 Å². The predicted octanol–water partition coefficient (Wildman–Crippen LogP) is 2.14. The zero-order chi connectivity index (χ0) is 16.7. The van der Waals surface area contributed by atoms with Crippen molar-refractivity contribution >= 4 is 11.9 Å². The number of amides is 3. The van der Waals surface area contributed by atoms with E-state index in [4.69, 9.17) is 10.6 Å². The van der Waals surface area contributed by atoms with E-state index in [2.05, 4.69) is 0 Å². The van der Waals surface area contributed by atoms with Gasteiger partial charge in [0.15, 0.2) is 0 Å². The monoisotopic (exact) mass is 323 g/mol. The smallest absolute Gasteiger partial charge is 0.345 e. The van der Waals surface area contributed by atoms with Crippen molar-refractivity contribution in [1.29, 1.82) is 0 Å². The van der Waals surface area contributed by atoms with Crippen LogP contribution in [0.15, 0.2) is 54.6 Å². The van der Waals surface area contributed by atoms with Crippen molar-refractivity contribution in [2.75, 3.05) is 6.54 Å². The third-order valence-electron chi connectivity index (χ3n) is 4.53. The minimum absolute atomic E-state index is 0.229. The Hall–Kier alpha value is -2.86. The molecule has 3 amide bonds. The lowest BCUT2D eigenvalue weighted by Gasteiger charge is -2.30. The maximum Gasteiger partial charge on any atom is 0.345 e. The number of carbonyl (C=O) groups is 2. The van der Waals surface area contributed by atoms with Crippen molar-refractivity contribution in [2.24, 2.45) is 5.73 Å². The number of nitrogens with two attached hydrogens (primary N) is 1. The maximum atomic E-state index is 12.7. The van der Waals surface area contributed by atoms with Crippen LogP contribution in [0, 0.1) is 0 Å². The molecular weight excluding hydrogens is 306 g/mol. The highest BCUT2D eigenvalue weighted by Gasteiger charge is 2.50. The first-order valence-corrected chi connectivity index (χ1v) is 7.81. The minimum Gasteiger partial charge on any atom is -0.368 e. The summed E-state index contributed by atoms with van der Waals surface area (Å²) in [6, 6.07) is 15.9. The summed E-state index contributed by atoms with van der Waals surface area (Å²) >= 11 is 0. The first kappa shape index (κ1) is 14.7. The van der Waals surface area contributed by atoms with Crippen molar-refractivity contribution in [2.45, 2.75) is 18.7 Å². The topological polar surface area (TPSA) is 75.9 Å². The van der Waals surface area contributed by atoms with Gasteiger partial charge in [-0.1, -0.05) is 54.6 Å². The van der Waals surface area contributed by atoms with Crippen LogP contribution in [0.5, 0.6) is 0 Å². The number of hydrogen-bond donors (Lipinski definition) is 1. The van der Waals surface area contributed by atoms with Gasteiger partial charge < -0.3 is 10.6 Å². The first-order chi connectivity index (χ1) is 11.7. The summed E-state index contributed by atoms with van der Waals surface area (Å²) in [4.78, 5) is 31.9. The van der Waals surface area contributed by atoms with E-state index >= 15 is 0 Å². The molecule has 0 aliphatic carbocycles. The highest BCUT2D eigenvalue weighted by molar-refractivity contribution is 5.89. The van der Waals surface area contributed by atoms with Crippen LogP contribution in [0.4, 0.5) is 4.79 Å². The number of carbonyl (C=O) groups excluding carboxylic acids is 2. The molecule has 2 bridgehead atoms. The second kappa shape index (κ2) is 5.65. The van der Waals surface area contributed by atoms with Gasteiger partial charge in [-0.25, -0.2) is 4.79 Å². The largest absolute Gasteiger partial charge is 0.368 e. The predicted molar refractivity (Wildman–Crippen MR) is 86.3 cm³/mol. The van der Waals surface area contributed by atoms with E-state index in [0.29, 0.717) is 13.2 Å². The average Bonchev–Trinajstić information content (AvgIpc) is 2.87. The molecule has 6 heteroatoms. The molecule has 24 heavy (non-hydrogen) atoms. The van der Waals surface area contributed by atoms with E-state index in [-0.39, 0.29) is 12.1 Å². The molecule has 6 nitrogen and oxygen atoms in total. The van der Waals surface area contributed by atoms with E-state index in [1.807, 2.05) is 54.6 Å². The molecule has 2 atom stereocenters. The molecule has 2 heterocycles. The fourth-order valence-electron chi connectivity index (χ4n) is 3.44. The van der Waals surface area contributed by atoms with Gasteiger partial charge in [-0.05, 0) is 16.7 Å². The Morgan fingerprint density at radius 2 is 1.75 bits per heavy atom. The van der Waals surface area contributed by atoms with Gasteiger partial charge >= 0.3 is 6.03 Å². The zero-order valence-electron chi connectivity index (χ0n) is 13.0. The van der Waals surface area contributed by atoms with Crippen molar-refractivity contribution in [3.05, 3.63) is 71.3 Å². The maximum absolute atomic E-state index is 12.7. The standard InChI is InChI=1S/C18H17N3O3/c19-17(22)16-14-9-5-4-8-13(14)15-10-20(16)18(23)21(15)24-11-12-6-2-1-3-7-12/h1-9,15-16H,10-11H2,(H2,19,22)/t15-,16?/m0/s1. The Labute approximate surface area is 139 Å². The SMILES string of the molecule is NC(=O)C1c2ccccc2[C@@H]2CN1C(=O)N2OCc1ccccc1. The number of benzene rings is 2. The molecular formula is C18H17N3O3. The second-order valence-electron chi connectivity index (χ2n) is 5.97. The molecule has 1 saturated heterocycles. The third-order valence-corrected chi connectivity index (χ3v) is 4.53. The highest BCUT2D eigenvalue weighted by Crippen LogP contribution is 2.43. The lowest BCUT2D eigenvalue weighted by atomic mass is 9.91. The Morgan fingerprint density at radius 1 is 1.08 bits per heavy atom. The summed E-state index contributed by atoms with van der Waals surface area (Å²) in [6.45, 7) is 0.693. The van der Waals surface area contributed by atoms with E-state index in [1.165, 1.54) is 9.96 Å². The molecule has 0 radical (unpaired) electrons. The average molecular weight is 323 g/mol. The van der Waals surface area contributed by atoms with Crippen molar-refractivity contribution < 1.29 is 14.4 Å².